The molecule has 0 spiro atoms. The average Bonchev–Trinajstić information content (AvgIpc) is 2.47. The molecule has 0 radical (unpaired) electrons. The highest BCUT2D eigenvalue weighted by atomic mass is 35.5. The van der Waals surface area contributed by atoms with Crippen LogP contribution in [-0.2, 0) is 9.59 Å². The predicted molar refractivity (Wildman–Crippen MR) is 90.5 cm³/mol. The van der Waals surface area contributed by atoms with Crippen LogP contribution in [0.25, 0.3) is 0 Å². The van der Waals surface area contributed by atoms with Crippen LogP contribution < -0.4 is 10.6 Å². The molecule has 1 aromatic carbocycles. The van der Waals surface area contributed by atoms with Crippen molar-refractivity contribution in [2.75, 3.05) is 31.5 Å². The summed E-state index contributed by atoms with van der Waals surface area (Å²) < 4.78 is 0. The molecule has 0 aliphatic carbocycles. The molecule has 0 saturated heterocycles. The Morgan fingerprint density at radius 3 is 2.55 bits per heavy atom. The van der Waals surface area contributed by atoms with Gasteiger partial charge in [0.1, 0.15) is 0 Å². The van der Waals surface area contributed by atoms with E-state index in [1.807, 2.05) is 18.7 Å². The number of anilines is 1. The Bertz CT molecular complexity index is 524. The van der Waals surface area contributed by atoms with Gasteiger partial charge in [-0.25, -0.2) is 0 Å². The summed E-state index contributed by atoms with van der Waals surface area (Å²) in [5, 5.41) is 6.41. The first-order chi connectivity index (χ1) is 10.5. The van der Waals surface area contributed by atoms with Gasteiger partial charge in [0.05, 0.1) is 17.3 Å². The van der Waals surface area contributed by atoms with Gasteiger partial charge in [-0.3, -0.25) is 14.5 Å². The molecule has 2 N–H and O–H groups in total. The number of nitrogens with one attached hydrogen (secondary N) is 2. The van der Waals surface area contributed by atoms with Gasteiger partial charge in [-0.2, -0.15) is 0 Å². The number of benzene rings is 1. The molecule has 2 amide bonds. The Morgan fingerprint density at radius 2 is 1.91 bits per heavy atom. The fraction of sp³-hybridized carbons (Fsp3) is 0.467. The quantitative estimate of drug-likeness (QED) is 0.761. The molecule has 122 valence electrons. The third-order valence-corrected chi connectivity index (χ3v) is 3.61. The average molecular weight is 346 g/mol. The zero-order valence-electron chi connectivity index (χ0n) is 12.8. The third kappa shape index (κ3) is 6.64. The zero-order chi connectivity index (χ0) is 16.5. The van der Waals surface area contributed by atoms with Crippen molar-refractivity contribution in [3.05, 3.63) is 28.2 Å². The van der Waals surface area contributed by atoms with Gasteiger partial charge in [-0.1, -0.05) is 30.1 Å². The van der Waals surface area contributed by atoms with E-state index < -0.39 is 0 Å². The summed E-state index contributed by atoms with van der Waals surface area (Å²) in [6.07, 6.45) is 0.274. The Hall–Kier alpha value is -1.30. The molecular formula is C15H21Cl2N3O2. The molecule has 0 atom stereocenters. The Balaban J connectivity index is 2.47. The monoisotopic (exact) mass is 345 g/mol. The SMILES string of the molecule is CCNC(=O)CN(CC)CCC(=O)Nc1cc(Cl)ccc1Cl. The van der Waals surface area contributed by atoms with Crippen LogP contribution in [0.2, 0.25) is 10.0 Å². The number of hydrogen-bond donors (Lipinski definition) is 2. The lowest BCUT2D eigenvalue weighted by Crippen LogP contribution is -2.38. The Morgan fingerprint density at radius 1 is 1.18 bits per heavy atom. The number of amides is 2. The smallest absolute Gasteiger partial charge is 0.234 e. The van der Waals surface area contributed by atoms with E-state index in [1.54, 1.807) is 18.2 Å². The number of likely N-dealkylation sites (N-methyl/N-ethyl adjacent to an activating group) is 2. The van der Waals surface area contributed by atoms with Gasteiger partial charge < -0.3 is 10.6 Å². The summed E-state index contributed by atoms with van der Waals surface area (Å²) in [4.78, 5) is 25.4. The van der Waals surface area contributed by atoms with Crippen LogP contribution in [0.1, 0.15) is 20.3 Å². The zero-order valence-corrected chi connectivity index (χ0v) is 14.3. The maximum Gasteiger partial charge on any atom is 0.234 e. The van der Waals surface area contributed by atoms with Gasteiger partial charge in [0.25, 0.3) is 0 Å². The van der Waals surface area contributed by atoms with Gasteiger partial charge in [0.15, 0.2) is 0 Å². The summed E-state index contributed by atoms with van der Waals surface area (Å²) in [5.74, 6) is -0.207. The summed E-state index contributed by atoms with van der Waals surface area (Å²) >= 11 is 11.9. The van der Waals surface area contributed by atoms with Crippen molar-refractivity contribution in [3.8, 4) is 0 Å². The molecule has 0 heterocycles. The van der Waals surface area contributed by atoms with Crippen LogP contribution in [0.3, 0.4) is 0 Å². The molecule has 0 aromatic heterocycles. The van der Waals surface area contributed by atoms with Crippen molar-refractivity contribution in [2.45, 2.75) is 20.3 Å². The largest absolute Gasteiger partial charge is 0.355 e. The summed E-state index contributed by atoms with van der Waals surface area (Å²) in [6, 6.07) is 4.89. The second-order valence-corrected chi connectivity index (χ2v) is 5.59. The highest BCUT2D eigenvalue weighted by molar-refractivity contribution is 6.35. The highest BCUT2D eigenvalue weighted by Gasteiger charge is 2.11. The molecule has 5 nitrogen and oxygen atoms in total. The maximum atomic E-state index is 12.0. The lowest BCUT2D eigenvalue weighted by atomic mass is 10.3. The van der Waals surface area contributed by atoms with E-state index in [9.17, 15) is 9.59 Å². The Labute approximate surface area is 141 Å². The maximum absolute atomic E-state index is 12.0. The number of carbonyl (C=O) groups is 2. The first-order valence-electron chi connectivity index (χ1n) is 7.20. The molecule has 22 heavy (non-hydrogen) atoms. The predicted octanol–water partition coefficient (Wildman–Crippen LogP) is 2.78. The van der Waals surface area contributed by atoms with E-state index in [1.165, 1.54) is 0 Å². The molecule has 7 heteroatoms. The topological polar surface area (TPSA) is 61.4 Å². The minimum absolute atomic E-state index is 0.0392. The van der Waals surface area contributed by atoms with Gasteiger partial charge in [0.2, 0.25) is 11.8 Å². The third-order valence-electron chi connectivity index (χ3n) is 3.05. The van der Waals surface area contributed by atoms with Gasteiger partial charge in [-0.15, -0.1) is 0 Å². The standard InChI is InChI=1S/C15H21Cl2N3O2/c1-3-18-15(22)10-20(4-2)8-7-14(21)19-13-9-11(16)5-6-12(13)17/h5-6,9H,3-4,7-8,10H2,1-2H3,(H,18,22)(H,19,21). The van der Waals surface area contributed by atoms with E-state index in [0.717, 1.165) is 0 Å². The fourth-order valence-electron chi connectivity index (χ4n) is 1.87. The first-order valence-corrected chi connectivity index (χ1v) is 7.95. The van der Waals surface area contributed by atoms with E-state index in [0.29, 0.717) is 35.4 Å². The molecular weight excluding hydrogens is 325 g/mol. The van der Waals surface area contributed by atoms with E-state index in [2.05, 4.69) is 10.6 Å². The Kier molecular flexibility index (Phi) is 8.24. The van der Waals surface area contributed by atoms with Crippen LogP contribution in [0.4, 0.5) is 5.69 Å². The summed E-state index contributed by atoms with van der Waals surface area (Å²) in [5.41, 5.74) is 0.492. The second kappa shape index (κ2) is 9.66. The van der Waals surface area contributed by atoms with Gasteiger partial charge in [0, 0.05) is 24.5 Å². The van der Waals surface area contributed by atoms with Crippen LogP contribution in [0.5, 0.6) is 0 Å². The number of carbonyl (C=O) groups excluding carboxylic acids is 2. The van der Waals surface area contributed by atoms with Crippen molar-refractivity contribution in [3.63, 3.8) is 0 Å². The molecule has 0 saturated carbocycles. The number of hydrogen-bond acceptors (Lipinski definition) is 3. The lowest BCUT2D eigenvalue weighted by Gasteiger charge is -2.19. The summed E-state index contributed by atoms with van der Waals surface area (Å²) in [7, 11) is 0. The second-order valence-electron chi connectivity index (χ2n) is 4.74. The van der Waals surface area contributed by atoms with Crippen molar-refractivity contribution in [1.82, 2.24) is 10.2 Å². The first kappa shape index (κ1) is 18.7. The molecule has 0 unspecified atom stereocenters. The highest BCUT2D eigenvalue weighted by Crippen LogP contribution is 2.25. The summed E-state index contributed by atoms with van der Waals surface area (Å²) in [6.45, 7) is 5.90. The minimum atomic E-state index is -0.168. The lowest BCUT2D eigenvalue weighted by molar-refractivity contribution is -0.123. The molecule has 0 aliphatic rings. The van der Waals surface area contributed by atoms with Crippen LogP contribution in [-0.4, -0.2) is 42.9 Å². The van der Waals surface area contributed by atoms with Crippen molar-refractivity contribution in [1.29, 1.82) is 0 Å². The van der Waals surface area contributed by atoms with Crippen molar-refractivity contribution < 1.29 is 9.59 Å². The minimum Gasteiger partial charge on any atom is -0.355 e. The van der Waals surface area contributed by atoms with E-state index >= 15 is 0 Å². The molecule has 0 bridgehead atoms. The number of nitrogens with zero attached hydrogens (tertiary/aromatic N) is 1. The van der Waals surface area contributed by atoms with Crippen LogP contribution >= 0.6 is 23.2 Å². The van der Waals surface area contributed by atoms with Gasteiger partial charge >= 0.3 is 0 Å². The molecule has 0 aliphatic heterocycles. The van der Waals surface area contributed by atoms with E-state index in [-0.39, 0.29) is 24.8 Å². The number of halogens is 2. The fourth-order valence-corrected chi connectivity index (χ4v) is 2.21. The van der Waals surface area contributed by atoms with Crippen LogP contribution in [0, 0.1) is 0 Å². The molecule has 0 fully saturated rings. The van der Waals surface area contributed by atoms with Crippen molar-refractivity contribution in [2.24, 2.45) is 0 Å². The molecule has 1 aromatic rings. The number of rotatable bonds is 8. The normalized spacial score (nSPS) is 10.6. The molecule has 1 rings (SSSR count). The van der Waals surface area contributed by atoms with Crippen LogP contribution in [0.15, 0.2) is 18.2 Å². The van der Waals surface area contributed by atoms with Gasteiger partial charge in [-0.05, 0) is 31.7 Å². The van der Waals surface area contributed by atoms with Crippen molar-refractivity contribution >= 4 is 40.7 Å². The van der Waals surface area contributed by atoms with E-state index in [4.69, 9.17) is 23.2 Å².